The second kappa shape index (κ2) is 5.19. The molecule has 0 aromatic carbocycles. The molecule has 0 spiro atoms. The number of nitrogen functional groups attached to an aromatic ring is 1. The van der Waals surface area contributed by atoms with Crippen LogP contribution < -0.4 is 5.73 Å². The van der Waals surface area contributed by atoms with Gasteiger partial charge in [0.05, 0.1) is 5.69 Å². The summed E-state index contributed by atoms with van der Waals surface area (Å²) in [6, 6.07) is 0. The van der Waals surface area contributed by atoms with Gasteiger partial charge in [0.2, 0.25) is 11.8 Å². The van der Waals surface area contributed by atoms with Crippen LogP contribution in [-0.2, 0) is 26.4 Å². The number of aryl methyl sites for hydroxylation is 5. The number of hydrogen-bond donors (Lipinski definition) is 1. The molecule has 21 heavy (non-hydrogen) atoms. The van der Waals surface area contributed by atoms with Gasteiger partial charge in [-0.1, -0.05) is 18.5 Å². The fraction of sp³-hybridized carbons (Fsp3) is 0.538. The minimum Gasteiger partial charge on any atom is -0.369 e. The summed E-state index contributed by atoms with van der Waals surface area (Å²) in [7, 11) is 1.91. The first-order chi connectivity index (χ1) is 10.1. The topological polar surface area (TPSA) is 101 Å². The van der Waals surface area contributed by atoms with Gasteiger partial charge in [0.1, 0.15) is 5.52 Å². The monoisotopic (exact) mass is 289 g/mol. The Morgan fingerprint density at radius 1 is 1.24 bits per heavy atom. The Labute approximate surface area is 121 Å². The molecule has 0 aliphatic rings. The summed E-state index contributed by atoms with van der Waals surface area (Å²) in [5.41, 5.74) is 8.87. The summed E-state index contributed by atoms with van der Waals surface area (Å²) < 4.78 is 8.77. The zero-order valence-corrected chi connectivity index (χ0v) is 12.5. The van der Waals surface area contributed by atoms with Crippen LogP contribution in [0.25, 0.3) is 11.2 Å². The van der Waals surface area contributed by atoms with Crippen molar-refractivity contribution < 1.29 is 4.52 Å². The van der Waals surface area contributed by atoms with E-state index in [1.165, 1.54) is 0 Å². The zero-order valence-electron chi connectivity index (χ0n) is 12.5. The van der Waals surface area contributed by atoms with E-state index in [9.17, 15) is 0 Å². The molecule has 0 aliphatic heterocycles. The van der Waals surface area contributed by atoms with Crippen molar-refractivity contribution in [3.63, 3.8) is 0 Å². The summed E-state index contributed by atoms with van der Waals surface area (Å²) in [6.45, 7) is 4.55. The number of hydrogen-bond acceptors (Lipinski definition) is 6. The molecule has 8 nitrogen and oxygen atoms in total. The lowest BCUT2D eigenvalue weighted by molar-refractivity contribution is 0.386. The highest BCUT2D eigenvalue weighted by atomic mass is 16.5. The molecule has 0 fully saturated rings. The van der Waals surface area contributed by atoms with Crippen LogP contribution >= 0.6 is 0 Å². The molecule has 0 aliphatic carbocycles. The van der Waals surface area contributed by atoms with Crippen LogP contribution in [0.5, 0.6) is 0 Å². The lowest BCUT2D eigenvalue weighted by Crippen LogP contribution is -2.09. The number of anilines is 1. The van der Waals surface area contributed by atoms with E-state index in [2.05, 4.69) is 27.1 Å². The number of aromatic nitrogens is 6. The molecule has 0 bridgehead atoms. The first-order valence-corrected chi connectivity index (χ1v) is 7.07. The van der Waals surface area contributed by atoms with Gasteiger partial charge < -0.3 is 10.3 Å². The third kappa shape index (κ3) is 2.37. The number of nitrogens with two attached hydrogens (primary N) is 1. The van der Waals surface area contributed by atoms with Gasteiger partial charge in [-0.25, -0.2) is 4.98 Å². The van der Waals surface area contributed by atoms with Crippen LogP contribution in [0.15, 0.2) is 4.52 Å². The van der Waals surface area contributed by atoms with Gasteiger partial charge in [0.25, 0.3) is 0 Å². The van der Waals surface area contributed by atoms with E-state index in [0.717, 1.165) is 29.7 Å². The standard InChI is InChI=1S/C13H19N7O/c1-4-5-9-11-12(19(3)17-9)20(13(14)16-11)7-6-10-15-8(2)21-18-10/h4-7H2,1-3H3,(H2,14,16). The highest BCUT2D eigenvalue weighted by Crippen LogP contribution is 2.22. The predicted molar refractivity (Wildman–Crippen MR) is 77.6 cm³/mol. The van der Waals surface area contributed by atoms with Gasteiger partial charge in [0, 0.05) is 26.9 Å². The minimum absolute atomic E-state index is 0.496. The zero-order chi connectivity index (χ0) is 15.0. The van der Waals surface area contributed by atoms with Gasteiger partial charge in [0.15, 0.2) is 11.5 Å². The molecule has 3 rings (SSSR count). The maximum absolute atomic E-state index is 6.05. The average molecular weight is 289 g/mol. The number of fused-ring (bicyclic) bond motifs is 1. The van der Waals surface area contributed by atoms with Gasteiger partial charge in [-0.2, -0.15) is 10.1 Å². The van der Waals surface area contributed by atoms with Crippen LogP contribution in [0.2, 0.25) is 0 Å². The molecule has 8 heteroatoms. The Morgan fingerprint density at radius 2 is 2.05 bits per heavy atom. The van der Waals surface area contributed by atoms with Gasteiger partial charge in [-0.15, -0.1) is 0 Å². The van der Waals surface area contributed by atoms with Crippen molar-refractivity contribution in [2.24, 2.45) is 7.05 Å². The van der Waals surface area contributed by atoms with Gasteiger partial charge in [-0.3, -0.25) is 9.25 Å². The van der Waals surface area contributed by atoms with Crippen LogP contribution in [-0.4, -0.2) is 29.5 Å². The van der Waals surface area contributed by atoms with Crippen molar-refractivity contribution in [2.75, 3.05) is 5.73 Å². The second-order valence-electron chi connectivity index (χ2n) is 5.09. The van der Waals surface area contributed by atoms with Crippen molar-refractivity contribution in [3.05, 3.63) is 17.4 Å². The summed E-state index contributed by atoms with van der Waals surface area (Å²) in [4.78, 5) is 8.67. The fourth-order valence-corrected chi connectivity index (χ4v) is 2.54. The third-order valence-corrected chi connectivity index (χ3v) is 3.44. The van der Waals surface area contributed by atoms with Crippen molar-refractivity contribution >= 4 is 17.1 Å². The van der Waals surface area contributed by atoms with E-state index >= 15 is 0 Å². The Balaban J connectivity index is 1.92. The summed E-state index contributed by atoms with van der Waals surface area (Å²) in [5, 5.41) is 8.43. The van der Waals surface area contributed by atoms with Gasteiger partial charge in [-0.05, 0) is 6.42 Å². The summed E-state index contributed by atoms with van der Waals surface area (Å²) in [5.74, 6) is 1.74. The molecule has 3 aromatic rings. The molecule has 0 saturated carbocycles. The molecule has 3 aromatic heterocycles. The summed E-state index contributed by atoms with van der Waals surface area (Å²) in [6.07, 6.45) is 2.57. The molecule has 0 amide bonds. The molecule has 0 saturated heterocycles. The average Bonchev–Trinajstić information content (AvgIpc) is 3.07. The van der Waals surface area contributed by atoms with E-state index in [1.54, 1.807) is 6.92 Å². The maximum Gasteiger partial charge on any atom is 0.223 e. The fourth-order valence-electron chi connectivity index (χ4n) is 2.54. The van der Waals surface area contributed by atoms with Crippen molar-refractivity contribution in [1.82, 2.24) is 29.5 Å². The largest absolute Gasteiger partial charge is 0.369 e. The first-order valence-electron chi connectivity index (χ1n) is 7.07. The highest BCUT2D eigenvalue weighted by molar-refractivity contribution is 5.77. The minimum atomic E-state index is 0.496. The second-order valence-corrected chi connectivity index (χ2v) is 5.09. The maximum atomic E-state index is 6.05. The Hall–Kier alpha value is -2.38. The Bertz CT molecular complexity index is 767. The molecular formula is C13H19N7O. The summed E-state index contributed by atoms with van der Waals surface area (Å²) >= 11 is 0. The third-order valence-electron chi connectivity index (χ3n) is 3.44. The quantitative estimate of drug-likeness (QED) is 0.758. The molecule has 112 valence electrons. The van der Waals surface area contributed by atoms with E-state index in [0.29, 0.717) is 30.6 Å². The van der Waals surface area contributed by atoms with Gasteiger partial charge >= 0.3 is 0 Å². The molecule has 0 radical (unpaired) electrons. The van der Waals surface area contributed by atoms with Crippen molar-refractivity contribution in [3.8, 4) is 0 Å². The Kier molecular flexibility index (Phi) is 3.36. The first kappa shape index (κ1) is 13.6. The lowest BCUT2D eigenvalue weighted by Gasteiger charge is -2.04. The van der Waals surface area contributed by atoms with Crippen molar-refractivity contribution in [2.45, 2.75) is 39.7 Å². The normalized spacial score (nSPS) is 11.6. The molecule has 0 atom stereocenters. The smallest absolute Gasteiger partial charge is 0.223 e. The van der Waals surface area contributed by atoms with Crippen LogP contribution in [0.4, 0.5) is 5.95 Å². The van der Waals surface area contributed by atoms with Crippen LogP contribution in [0.3, 0.4) is 0 Å². The molecule has 3 heterocycles. The number of rotatable bonds is 5. The number of nitrogens with zero attached hydrogens (tertiary/aromatic N) is 6. The predicted octanol–water partition coefficient (Wildman–Crippen LogP) is 1.24. The Morgan fingerprint density at radius 3 is 2.71 bits per heavy atom. The lowest BCUT2D eigenvalue weighted by atomic mass is 10.2. The van der Waals surface area contributed by atoms with E-state index in [4.69, 9.17) is 10.3 Å². The highest BCUT2D eigenvalue weighted by Gasteiger charge is 2.17. The van der Waals surface area contributed by atoms with Crippen LogP contribution in [0, 0.1) is 6.92 Å². The van der Waals surface area contributed by atoms with E-state index in [1.807, 2.05) is 16.3 Å². The van der Waals surface area contributed by atoms with Crippen LogP contribution in [0.1, 0.15) is 30.8 Å². The molecular weight excluding hydrogens is 270 g/mol. The number of imidazole rings is 1. The molecule has 0 unspecified atom stereocenters. The van der Waals surface area contributed by atoms with E-state index in [-0.39, 0.29) is 0 Å². The van der Waals surface area contributed by atoms with E-state index < -0.39 is 0 Å². The molecule has 2 N–H and O–H groups in total. The van der Waals surface area contributed by atoms with Crippen molar-refractivity contribution in [1.29, 1.82) is 0 Å². The SMILES string of the molecule is CCCc1nn(C)c2c1nc(N)n2CCc1noc(C)n1.